The van der Waals surface area contributed by atoms with Gasteiger partial charge in [0.2, 0.25) is 0 Å². The summed E-state index contributed by atoms with van der Waals surface area (Å²) in [7, 11) is 0. The van der Waals surface area contributed by atoms with Gasteiger partial charge in [0.25, 0.3) is 0 Å². The van der Waals surface area contributed by atoms with Gasteiger partial charge in [-0.05, 0) is 63.7 Å². The maximum absolute atomic E-state index is 3.47. The number of aryl methyl sites for hydroxylation is 2. The number of piperidine rings is 1. The third-order valence-corrected chi connectivity index (χ3v) is 3.16. The third-order valence-electron chi connectivity index (χ3n) is 3.16. The lowest BCUT2D eigenvalue weighted by Gasteiger charge is -2.22. The molecule has 2 nitrogen and oxygen atoms in total. The van der Waals surface area contributed by atoms with E-state index in [2.05, 4.69) is 30.2 Å². The second-order valence-electron chi connectivity index (χ2n) is 4.52. The minimum atomic E-state index is 0.845. The molecule has 0 amide bonds. The molecule has 0 spiro atoms. The number of H-pyrrole nitrogens is 1. The van der Waals surface area contributed by atoms with Crippen molar-refractivity contribution in [3.63, 3.8) is 0 Å². The first-order chi connectivity index (χ1) is 6.75. The van der Waals surface area contributed by atoms with Gasteiger partial charge in [0.05, 0.1) is 0 Å². The number of aromatic amines is 1. The van der Waals surface area contributed by atoms with Crippen molar-refractivity contribution in [2.75, 3.05) is 13.1 Å². The van der Waals surface area contributed by atoms with Crippen molar-refractivity contribution in [1.29, 1.82) is 0 Å². The average Bonchev–Trinajstić information content (AvgIpc) is 2.47. The Hall–Kier alpha value is -0.760. The summed E-state index contributed by atoms with van der Waals surface area (Å²) in [5.74, 6) is 0.845. The van der Waals surface area contributed by atoms with Crippen LogP contribution >= 0.6 is 0 Å². The topological polar surface area (TPSA) is 27.8 Å². The normalized spacial score (nSPS) is 22.6. The highest BCUT2D eigenvalue weighted by Gasteiger charge is 2.15. The maximum Gasteiger partial charge on any atom is 0.0150 e. The van der Waals surface area contributed by atoms with Crippen LogP contribution in [0.1, 0.15) is 29.8 Å². The Kier molecular flexibility index (Phi) is 2.92. The first-order valence-corrected chi connectivity index (χ1v) is 5.61. The van der Waals surface area contributed by atoms with Gasteiger partial charge in [-0.15, -0.1) is 0 Å². The van der Waals surface area contributed by atoms with E-state index in [-0.39, 0.29) is 0 Å². The standard InChI is InChI=1S/C12H20N2/c1-9-6-12(10(2)14-9)7-11-4-3-5-13-8-11/h6,11,13-14H,3-5,7-8H2,1-2H3. The van der Waals surface area contributed by atoms with Crippen molar-refractivity contribution in [2.45, 2.75) is 33.1 Å². The molecule has 0 aliphatic carbocycles. The van der Waals surface area contributed by atoms with Crippen LogP contribution in [0.15, 0.2) is 6.07 Å². The first-order valence-electron chi connectivity index (χ1n) is 5.61. The van der Waals surface area contributed by atoms with Gasteiger partial charge in [-0.25, -0.2) is 0 Å². The molecule has 1 aromatic rings. The summed E-state index contributed by atoms with van der Waals surface area (Å²) in [6.45, 7) is 6.72. The van der Waals surface area contributed by atoms with Gasteiger partial charge in [-0.2, -0.15) is 0 Å². The summed E-state index contributed by atoms with van der Waals surface area (Å²) < 4.78 is 0. The molecule has 1 fully saturated rings. The number of aromatic nitrogens is 1. The lowest BCUT2D eigenvalue weighted by molar-refractivity contribution is 0.376. The van der Waals surface area contributed by atoms with Crippen LogP contribution in [0.5, 0.6) is 0 Å². The van der Waals surface area contributed by atoms with Crippen LogP contribution in [0.25, 0.3) is 0 Å². The van der Waals surface area contributed by atoms with E-state index >= 15 is 0 Å². The molecule has 0 aromatic carbocycles. The van der Waals surface area contributed by atoms with Gasteiger partial charge >= 0.3 is 0 Å². The molecule has 0 bridgehead atoms. The minimum Gasteiger partial charge on any atom is -0.362 e. The van der Waals surface area contributed by atoms with Crippen LogP contribution in [-0.4, -0.2) is 18.1 Å². The molecule has 2 rings (SSSR count). The second-order valence-corrected chi connectivity index (χ2v) is 4.52. The largest absolute Gasteiger partial charge is 0.362 e. The van der Waals surface area contributed by atoms with E-state index in [1.54, 1.807) is 0 Å². The van der Waals surface area contributed by atoms with Crippen LogP contribution < -0.4 is 5.32 Å². The fourth-order valence-electron chi connectivity index (χ4n) is 2.40. The van der Waals surface area contributed by atoms with Crippen LogP contribution in [0.2, 0.25) is 0 Å². The number of nitrogens with one attached hydrogen (secondary N) is 2. The van der Waals surface area contributed by atoms with Gasteiger partial charge in [0.1, 0.15) is 0 Å². The summed E-state index contributed by atoms with van der Waals surface area (Å²) in [4.78, 5) is 3.38. The Morgan fingerprint density at radius 1 is 1.43 bits per heavy atom. The minimum absolute atomic E-state index is 0.845. The molecular formula is C12H20N2. The maximum atomic E-state index is 3.47. The highest BCUT2D eigenvalue weighted by molar-refractivity contribution is 5.24. The summed E-state index contributed by atoms with van der Waals surface area (Å²) in [6.07, 6.45) is 3.97. The molecule has 2 N–H and O–H groups in total. The molecule has 0 saturated carbocycles. The molecule has 2 heterocycles. The van der Waals surface area contributed by atoms with Gasteiger partial charge in [-0.3, -0.25) is 0 Å². The van der Waals surface area contributed by atoms with Crippen LogP contribution in [0.3, 0.4) is 0 Å². The molecule has 1 unspecified atom stereocenters. The molecule has 1 aromatic heterocycles. The van der Waals surface area contributed by atoms with Crippen molar-refractivity contribution in [3.05, 3.63) is 23.0 Å². The first kappa shape index (κ1) is 9.78. The van der Waals surface area contributed by atoms with Gasteiger partial charge in [0.15, 0.2) is 0 Å². The van der Waals surface area contributed by atoms with Crippen molar-refractivity contribution in [2.24, 2.45) is 5.92 Å². The predicted molar refractivity (Wildman–Crippen MR) is 59.6 cm³/mol. The summed E-state index contributed by atoms with van der Waals surface area (Å²) in [5.41, 5.74) is 4.16. The molecule has 1 aliphatic heterocycles. The van der Waals surface area contributed by atoms with Crippen molar-refractivity contribution in [1.82, 2.24) is 10.3 Å². The van der Waals surface area contributed by atoms with Gasteiger partial charge in [0, 0.05) is 11.4 Å². The van der Waals surface area contributed by atoms with Crippen molar-refractivity contribution in [3.8, 4) is 0 Å². The fourth-order valence-corrected chi connectivity index (χ4v) is 2.40. The summed E-state index contributed by atoms with van der Waals surface area (Å²) in [5, 5.41) is 3.47. The van der Waals surface area contributed by atoms with Gasteiger partial charge < -0.3 is 10.3 Å². The quantitative estimate of drug-likeness (QED) is 0.738. The zero-order chi connectivity index (χ0) is 9.97. The third kappa shape index (κ3) is 2.18. The molecule has 0 radical (unpaired) electrons. The molecule has 14 heavy (non-hydrogen) atoms. The Morgan fingerprint density at radius 2 is 2.29 bits per heavy atom. The van der Waals surface area contributed by atoms with E-state index in [9.17, 15) is 0 Å². The van der Waals surface area contributed by atoms with E-state index < -0.39 is 0 Å². The Balaban J connectivity index is 1.98. The predicted octanol–water partition coefficient (Wildman–Crippen LogP) is 2.17. The Bertz CT molecular complexity index is 295. The zero-order valence-electron chi connectivity index (χ0n) is 9.19. The highest BCUT2D eigenvalue weighted by atomic mass is 14.9. The van der Waals surface area contributed by atoms with E-state index in [0.717, 1.165) is 5.92 Å². The average molecular weight is 192 g/mol. The van der Waals surface area contributed by atoms with Gasteiger partial charge in [-0.1, -0.05) is 0 Å². The monoisotopic (exact) mass is 192 g/mol. The molecule has 1 saturated heterocycles. The molecule has 2 heteroatoms. The van der Waals surface area contributed by atoms with E-state index in [1.165, 1.54) is 49.3 Å². The molecule has 1 aliphatic rings. The Morgan fingerprint density at radius 3 is 2.86 bits per heavy atom. The van der Waals surface area contributed by atoms with Crippen molar-refractivity contribution >= 4 is 0 Å². The van der Waals surface area contributed by atoms with E-state index in [0.29, 0.717) is 0 Å². The molecule has 1 atom stereocenters. The van der Waals surface area contributed by atoms with E-state index in [4.69, 9.17) is 0 Å². The number of hydrogen-bond acceptors (Lipinski definition) is 1. The van der Waals surface area contributed by atoms with Crippen LogP contribution in [0, 0.1) is 19.8 Å². The summed E-state index contributed by atoms with van der Waals surface area (Å²) in [6, 6.07) is 2.30. The highest BCUT2D eigenvalue weighted by Crippen LogP contribution is 2.19. The lowest BCUT2D eigenvalue weighted by Crippen LogP contribution is -2.30. The lowest BCUT2D eigenvalue weighted by atomic mass is 9.92. The molecule has 78 valence electrons. The second kappa shape index (κ2) is 4.18. The smallest absolute Gasteiger partial charge is 0.0150 e. The molecular weight excluding hydrogens is 172 g/mol. The number of rotatable bonds is 2. The fraction of sp³-hybridized carbons (Fsp3) is 0.667. The SMILES string of the molecule is Cc1cc(CC2CCCNC2)c(C)[nH]1. The van der Waals surface area contributed by atoms with Crippen LogP contribution in [-0.2, 0) is 6.42 Å². The Labute approximate surface area is 86.1 Å². The van der Waals surface area contributed by atoms with E-state index in [1.807, 2.05) is 0 Å². The van der Waals surface area contributed by atoms with Crippen molar-refractivity contribution < 1.29 is 0 Å². The number of hydrogen-bond donors (Lipinski definition) is 2. The van der Waals surface area contributed by atoms with Crippen LogP contribution in [0.4, 0.5) is 0 Å². The zero-order valence-corrected chi connectivity index (χ0v) is 9.19. The summed E-state index contributed by atoms with van der Waals surface area (Å²) >= 11 is 0.